The van der Waals surface area contributed by atoms with Gasteiger partial charge in [0.1, 0.15) is 30.3 Å². The standard InChI is InChI=1S/C19H22FN2O8P/c1-10-6-11(2)16-13(7-10)8-27-31(26,30-16)28-9-19(20)17(25)15(24)18(29-19)22-5-4-14(23)21-12(22)3/h4-7,15,17-18,24-25H,3,8-9H2,1-2H3,(H,21,23)/t15-,17+,18-,19-,31?/m1/s1/i9D2,18D. The molecule has 0 radical (unpaired) electrons. The van der Waals surface area contributed by atoms with E-state index in [0.717, 1.165) is 17.8 Å². The summed E-state index contributed by atoms with van der Waals surface area (Å²) in [7, 11) is -4.80. The van der Waals surface area contributed by atoms with Crippen molar-refractivity contribution in [2.45, 2.75) is 44.7 Å². The molecular formula is C19H22FN2O8P. The molecule has 168 valence electrons. The van der Waals surface area contributed by atoms with Crippen molar-refractivity contribution in [3.8, 4) is 5.75 Å². The highest BCUT2D eigenvalue weighted by atomic mass is 31.2. The normalized spacial score (nSPS) is 39.3. The predicted octanol–water partition coefficient (Wildman–Crippen LogP) is 1.50. The van der Waals surface area contributed by atoms with Crippen LogP contribution in [0.5, 0.6) is 5.75 Å². The molecule has 1 aromatic carbocycles. The van der Waals surface area contributed by atoms with Gasteiger partial charge in [-0.1, -0.05) is 24.3 Å². The molecule has 0 spiro atoms. The maximum absolute atomic E-state index is 15.9. The molecule has 0 bridgehead atoms. The molecule has 3 aliphatic rings. The lowest BCUT2D eigenvalue weighted by molar-refractivity contribution is -0.208. The van der Waals surface area contributed by atoms with E-state index < -0.39 is 44.6 Å². The summed E-state index contributed by atoms with van der Waals surface area (Å²) in [6, 6.07) is 3.41. The topological polar surface area (TPSA) is 127 Å². The van der Waals surface area contributed by atoms with Crippen molar-refractivity contribution < 1.29 is 46.4 Å². The minimum absolute atomic E-state index is 0.108. The third-order valence-corrected chi connectivity index (χ3v) is 5.90. The van der Waals surface area contributed by atoms with Gasteiger partial charge in [0.25, 0.3) is 11.8 Å². The Morgan fingerprint density at radius 2 is 2.26 bits per heavy atom. The molecule has 1 saturated heterocycles. The lowest BCUT2D eigenvalue weighted by Gasteiger charge is -2.33. The Balaban J connectivity index is 1.63. The van der Waals surface area contributed by atoms with Crippen LogP contribution in [0.15, 0.2) is 36.8 Å². The van der Waals surface area contributed by atoms with Crippen molar-refractivity contribution in [1.29, 1.82) is 0 Å². The number of aryl methyl sites for hydroxylation is 2. The first kappa shape index (κ1) is 18.3. The van der Waals surface area contributed by atoms with Crippen molar-refractivity contribution in [2.75, 3.05) is 6.56 Å². The molecule has 1 fully saturated rings. The highest BCUT2D eigenvalue weighted by molar-refractivity contribution is 7.49. The number of nitrogens with zero attached hydrogens (tertiary/aromatic N) is 1. The van der Waals surface area contributed by atoms with Crippen LogP contribution in [0.25, 0.3) is 0 Å². The van der Waals surface area contributed by atoms with Gasteiger partial charge in [0.2, 0.25) is 0 Å². The average Bonchev–Trinajstić information content (AvgIpc) is 2.90. The molecule has 0 aromatic heterocycles. The van der Waals surface area contributed by atoms with Gasteiger partial charge in [0.05, 0.1) is 10.7 Å². The van der Waals surface area contributed by atoms with E-state index in [0.29, 0.717) is 16.0 Å². The number of aliphatic hydroxyl groups is 2. The number of ether oxygens (including phenoxy) is 1. The Morgan fingerprint density at radius 3 is 2.97 bits per heavy atom. The SMILES string of the molecule is [2H]C([2H])(OP1(=O)OCc2cc(C)cc(C)c2O1)[C@@]1(F)O[C@@]([2H])(N2C=CC(=O)NC2=C)[C@H](O)[C@@H]1O. The van der Waals surface area contributed by atoms with Crippen LogP contribution in [0.1, 0.15) is 20.8 Å². The van der Waals surface area contributed by atoms with Crippen LogP contribution in [-0.2, 0) is 29.8 Å². The minimum Gasteiger partial charge on any atom is -0.403 e. The summed E-state index contributed by atoms with van der Waals surface area (Å²) >= 11 is 0. The molecule has 12 heteroatoms. The van der Waals surface area contributed by atoms with Crippen LogP contribution in [0.4, 0.5) is 4.39 Å². The van der Waals surface area contributed by atoms with Crippen molar-refractivity contribution in [2.24, 2.45) is 0 Å². The number of hydrogen-bond acceptors (Lipinski definition) is 9. The summed E-state index contributed by atoms with van der Waals surface area (Å²) in [5.74, 6) is -4.76. The third-order valence-electron chi connectivity index (χ3n) is 4.73. The number of rotatable bonds is 4. The van der Waals surface area contributed by atoms with Crippen LogP contribution in [0.2, 0.25) is 0 Å². The number of hydrogen-bond donors (Lipinski definition) is 3. The van der Waals surface area contributed by atoms with Gasteiger partial charge < -0.3 is 29.7 Å². The van der Waals surface area contributed by atoms with Crippen molar-refractivity contribution >= 4 is 13.7 Å². The first-order valence-corrected chi connectivity index (χ1v) is 10.6. The molecule has 4 rings (SSSR count). The molecule has 31 heavy (non-hydrogen) atoms. The first-order chi connectivity index (χ1) is 15.6. The summed E-state index contributed by atoms with van der Waals surface area (Å²) in [4.78, 5) is 12.1. The van der Waals surface area contributed by atoms with Crippen LogP contribution in [0.3, 0.4) is 0 Å². The fourth-order valence-electron chi connectivity index (χ4n) is 3.30. The van der Waals surface area contributed by atoms with E-state index in [4.69, 9.17) is 22.4 Å². The molecular weight excluding hydrogens is 434 g/mol. The minimum atomic E-state index is -4.80. The predicted molar refractivity (Wildman–Crippen MR) is 104 cm³/mol. The first-order valence-electron chi connectivity index (χ1n) is 10.6. The second-order valence-electron chi connectivity index (χ2n) is 7.17. The zero-order valence-electron chi connectivity index (χ0n) is 19.5. The number of benzene rings is 1. The van der Waals surface area contributed by atoms with Gasteiger partial charge in [-0.25, -0.2) is 8.96 Å². The van der Waals surface area contributed by atoms with Gasteiger partial charge in [-0.15, -0.1) is 0 Å². The molecule has 3 N–H and O–H groups in total. The largest absolute Gasteiger partial charge is 0.530 e. The van der Waals surface area contributed by atoms with Crippen LogP contribution < -0.4 is 9.84 Å². The van der Waals surface area contributed by atoms with E-state index in [-0.39, 0.29) is 18.2 Å². The van der Waals surface area contributed by atoms with Crippen LogP contribution in [0, 0.1) is 13.8 Å². The molecule has 1 unspecified atom stereocenters. The van der Waals surface area contributed by atoms with Gasteiger partial charge in [0.15, 0.2) is 6.20 Å². The van der Waals surface area contributed by atoms with Crippen molar-refractivity contribution in [3.05, 3.63) is 53.5 Å². The Morgan fingerprint density at radius 1 is 1.52 bits per heavy atom. The summed E-state index contributed by atoms with van der Waals surface area (Å²) in [5, 5.41) is 23.0. The quantitative estimate of drug-likeness (QED) is 0.574. The smallest absolute Gasteiger partial charge is 0.403 e. The lowest BCUT2D eigenvalue weighted by Crippen LogP contribution is -2.46. The van der Waals surface area contributed by atoms with Crippen LogP contribution >= 0.6 is 7.82 Å². The van der Waals surface area contributed by atoms with Gasteiger partial charge >= 0.3 is 7.82 Å². The number of amides is 1. The van der Waals surface area contributed by atoms with E-state index in [2.05, 4.69) is 11.9 Å². The second kappa shape index (κ2) is 7.70. The van der Waals surface area contributed by atoms with Crippen molar-refractivity contribution in [1.82, 2.24) is 10.2 Å². The average molecular weight is 459 g/mol. The molecule has 1 amide bonds. The fourth-order valence-corrected chi connectivity index (χ4v) is 4.46. The number of alkyl halides is 1. The number of phosphoric ester groups is 1. The zero-order valence-corrected chi connectivity index (χ0v) is 17.4. The van der Waals surface area contributed by atoms with E-state index >= 15 is 4.39 Å². The third kappa shape index (κ3) is 4.00. The molecule has 0 saturated carbocycles. The van der Waals surface area contributed by atoms with Crippen molar-refractivity contribution in [3.63, 3.8) is 0 Å². The summed E-state index contributed by atoms with van der Waals surface area (Å²) in [6.07, 6.45) is -6.14. The Bertz CT molecular complexity index is 1150. The number of carbonyl (C=O) groups excluding carboxylic acids is 1. The number of aliphatic hydroxyl groups excluding tert-OH is 2. The number of halogens is 1. The van der Waals surface area contributed by atoms with Gasteiger partial charge in [-0.2, -0.15) is 0 Å². The number of nitrogens with one attached hydrogen (secondary N) is 1. The molecule has 10 nitrogen and oxygen atoms in total. The van der Waals surface area contributed by atoms with E-state index in [1.807, 2.05) is 6.92 Å². The monoisotopic (exact) mass is 459 g/mol. The zero-order chi connectivity index (χ0) is 25.3. The maximum atomic E-state index is 15.9. The second-order valence-corrected chi connectivity index (χ2v) is 8.69. The maximum Gasteiger partial charge on any atom is 0.530 e. The van der Waals surface area contributed by atoms with E-state index in [9.17, 15) is 19.6 Å². The molecule has 1 aromatic rings. The molecule has 3 aliphatic heterocycles. The fraction of sp³-hybridized carbons (Fsp3) is 0.421. The Hall–Kier alpha value is -2.27. The highest BCUT2D eigenvalue weighted by Crippen LogP contribution is 2.56. The molecule has 0 aliphatic carbocycles. The number of fused-ring (bicyclic) bond motifs is 1. The Labute approximate surface area is 181 Å². The van der Waals surface area contributed by atoms with E-state index in [1.165, 1.54) is 0 Å². The van der Waals surface area contributed by atoms with Gasteiger partial charge in [0, 0.05) is 17.8 Å². The Kier molecular flexibility index (Phi) is 4.55. The van der Waals surface area contributed by atoms with Crippen LogP contribution in [-0.4, -0.2) is 51.8 Å². The summed E-state index contributed by atoms with van der Waals surface area (Å²) in [5.41, 5.74) is 1.93. The lowest BCUT2D eigenvalue weighted by atomic mass is 10.1. The molecule has 3 heterocycles. The highest BCUT2D eigenvalue weighted by Gasteiger charge is 2.58. The summed E-state index contributed by atoms with van der Waals surface area (Å²) in [6.45, 7) is 2.88. The van der Waals surface area contributed by atoms with Gasteiger partial charge in [-0.05, 0) is 19.4 Å². The van der Waals surface area contributed by atoms with E-state index in [1.54, 1.807) is 19.1 Å². The number of carbonyl (C=O) groups is 1. The molecule has 5 atom stereocenters. The van der Waals surface area contributed by atoms with Gasteiger partial charge in [-0.3, -0.25) is 13.8 Å². The summed E-state index contributed by atoms with van der Waals surface area (Å²) < 4.78 is 73.6. The number of phosphoric acid groups is 1.